The maximum Gasteiger partial charge on any atom is 0.225 e. The van der Waals surface area contributed by atoms with Gasteiger partial charge in [-0.15, -0.1) is 0 Å². The van der Waals surface area contributed by atoms with Crippen molar-refractivity contribution in [3.8, 4) is 11.3 Å². The number of hydrogen-bond acceptors (Lipinski definition) is 5. The van der Waals surface area contributed by atoms with Crippen LogP contribution in [0.5, 0.6) is 0 Å². The van der Waals surface area contributed by atoms with Gasteiger partial charge in [-0.05, 0) is 18.6 Å². The molecule has 0 fully saturated rings. The van der Waals surface area contributed by atoms with Crippen molar-refractivity contribution < 1.29 is 0 Å². The molecule has 0 aliphatic heterocycles. The quantitative estimate of drug-likeness (QED) is 0.713. The average molecular weight is 240 g/mol. The summed E-state index contributed by atoms with van der Waals surface area (Å²) >= 11 is 0. The molecule has 0 atom stereocenters. The molecule has 90 valence electrons. The summed E-state index contributed by atoms with van der Waals surface area (Å²) in [5.74, 6) is 0.568. The molecule has 6 nitrogen and oxygen atoms in total. The Morgan fingerprint density at radius 3 is 2.89 bits per heavy atom. The van der Waals surface area contributed by atoms with Gasteiger partial charge in [0.25, 0.3) is 0 Å². The van der Waals surface area contributed by atoms with Gasteiger partial charge >= 0.3 is 0 Å². The molecule has 0 bridgehead atoms. The third kappa shape index (κ3) is 1.58. The highest BCUT2D eigenvalue weighted by molar-refractivity contribution is 5.91. The maximum absolute atomic E-state index is 4.51. The second kappa shape index (κ2) is 4.06. The Hall–Kier alpha value is -2.50. The normalized spacial score (nSPS) is 10.8. The van der Waals surface area contributed by atoms with E-state index in [1.807, 2.05) is 19.2 Å². The highest BCUT2D eigenvalue weighted by Gasteiger charge is 2.12. The van der Waals surface area contributed by atoms with E-state index in [1.54, 1.807) is 19.4 Å². The number of pyridine rings is 1. The number of aromatic nitrogens is 5. The highest BCUT2D eigenvalue weighted by atomic mass is 15.2. The first kappa shape index (κ1) is 10.6. The summed E-state index contributed by atoms with van der Waals surface area (Å²) in [5, 5.41) is 10.7. The second-order valence-electron chi connectivity index (χ2n) is 3.97. The van der Waals surface area contributed by atoms with Gasteiger partial charge in [0.05, 0.1) is 17.3 Å². The van der Waals surface area contributed by atoms with Crippen molar-refractivity contribution in [3.63, 3.8) is 0 Å². The number of rotatable bonds is 2. The number of aryl methyl sites for hydroxylation is 1. The predicted molar refractivity (Wildman–Crippen MR) is 69.2 cm³/mol. The highest BCUT2D eigenvalue weighted by Crippen LogP contribution is 2.27. The maximum atomic E-state index is 4.51. The second-order valence-corrected chi connectivity index (χ2v) is 3.97. The van der Waals surface area contributed by atoms with Gasteiger partial charge in [0, 0.05) is 25.0 Å². The Kier molecular flexibility index (Phi) is 2.40. The van der Waals surface area contributed by atoms with Crippen LogP contribution in [0.2, 0.25) is 0 Å². The Morgan fingerprint density at radius 1 is 1.22 bits per heavy atom. The minimum Gasteiger partial charge on any atom is -0.357 e. The number of hydrogen-bond donors (Lipinski definition) is 2. The number of nitrogens with one attached hydrogen (secondary N) is 2. The smallest absolute Gasteiger partial charge is 0.225 e. The summed E-state index contributed by atoms with van der Waals surface area (Å²) in [5.41, 5.74) is 3.69. The van der Waals surface area contributed by atoms with Crippen LogP contribution in [0.1, 0.15) is 5.56 Å². The van der Waals surface area contributed by atoms with Crippen molar-refractivity contribution in [3.05, 3.63) is 30.2 Å². The minimum absolute atomic E-state index is 0.568. The third-order valence-electron chi connectivity index (χ3n) is 2.81. The van der Waals surface area contributed by atoms with Crippen LogP contribution in [0, 0.1) is 6.92 Å². The Morgan fingerprint density at radius 2 is 2.11 bits per heavy atom. The lowest BCUT2D eigenvalue weighted by Gasteiger charge is -2.07. The summed E-state index contributed by atoms with van der Waals surface area (Å²) in [6.07, 6.45) is 5.32. The van der Waals surface area contributed by atoms with E-state index < -0.39 is 0 Å². The van der Waals surface area contributed by atoms with E-state index in [4.69, 9.17) is 0 Å². The number of H-pyrrole nitrogens is 1. The molecule has 3 rings (SSSR count). The van der Waals surface area contributed by atoms with Crippen LogP contribution < -0.4 is 5.32 Å². The van der Waals surface area contributed by atoms with E-state index in [2.05, 4.69) is 30.5 Å². The standard InChI is InChI=1S/C12H12N6/c1-7-5-14-4-3-8(7)10-9-6-15-18-11(9)17-12(13-2)16-10/h3-6H,1-2H3,(H2,13,15,16,17,18). The lowest BCUT2D eigenvalue weighted by molar-refractivity contribution is 1.09. The van der Waals surface area contributed by atoms with Crippen LogP contribution in [0.25, 0.3) is 22.3 Å². The molecular weight excluding hydrogens is 228 g/mol. The minimum atomic E-state index is 0.568. The Labute approximate surface area is 104 Å². The number of anilines is 1. The number of nitrogens with zero attached hydrogens (tertiary/aromatic N) is 4. The summed E-state index contributed by atoms with van der Waals surface area (Å²) in [6, 6.07) is 1.95. The van der Waals surface area contributed by atoms with Crippen molar-refractivity contribution >= 4 is 17.0 Å². The summed E-state index contributed by atoms with van der Waals surface area (Å²) in [7, 11) is 1.79. The lowest BCUT2D eigenvalue weighted by Crippen LogP contribution is -1.99. The van der Waals surface area contributed by atoms with Gasteiger partial charge in [0.15, 0.2) is 5.65 Å². The molecule has 0 aromatic carbocycles. The zero-order chi connectivity index (χ0) is 12.5. The molecule has 18 heavy (non-hydrogen) atoms. The fourth-order valence-corrected chi connectivity index (χ4v) is 1.89. The fourth-order valence-electron chi connectivity index (χ4n) is 1.89. The number of aromatic amines is 1. The Balaban J connectivity index is 2.34. The first-order valence-electron chi connectivity index (χ1n) is 5.59. The van der Waals surface area contributed by atoms with Crippen molar-refractivity contribution in [2.45, 2.75) is 6.92 Å². The molecular formula is C12H12N6. The van der Waals surface area contributed by atoms with E-state index in [-0.39, 0.29) is 0 Å². The van der Waals surface area contributed by atoms with Crippen LogP contribution in [0.3, 0.4) is 0 Å². The molecule has 3 heterocycles. The topological polar surface area (TPSA) is 79.4 Å². The molecule has 0 amide bonds. The largest absolute Gasteiger partial charge is 0.357 e. The van der Waals surface area contributed by atoms with Gasteiger partial charge in [0.1, 0.15) is 0 Å². The molecule has 0 unspecified atom stereocenters. The molecule has 0 spiro atoms. The summed E-state index contributed by atoms with van der Waals surface area (Å²) in [4.78, 5) is 12.9. The molecule has 0 aliphatic rings. The first-order valence-corrected chi connectivity index (χ1v) is 5.59. The zero-order valence-corrected chi connectivity index (χ0v) is 10.1. The molecule has 3 aromatic rings. The van der Waals surface area contributed by atoms with Gasteiger partial charge in [-0.25, -0.2) is 4.98 Å². The molecule has 0 aliphatic carbocycles. The molecule has 3 aromatic heterocycles. The van der Waals surface area contributed by atoms with E-state index in [1.165, 1.54) is 0 Å². The zero-order valence-electron chi connectivity index (χ0n) is 10.1. The van der Waals surface area contributed by atoms with Crippen LogP contribution in [0.15, 0.2) is 24.7 Å². The fraction of sp³-hybridized carbons (Fsp3) is 0.167. The van der Waals surface area contributed by atoms with E-state index in [0.29, 0.717) is 5.95 Å². The van der Waals surface area contributed by atoms with E-state index >= 15 is 0 Å². The van der Waals surface area contributed by atoms with Crippen LogP contribution in [0.4, 0.5) is 5.95 Å². The average Bonchev–Trinajstić information content (AvgIpc) is 2.86. The molecule has 6 heteroatoms. The van der Waals surface area contributed by atoms with Crippen LogP contribution in [-0.2, 0) is 0 Å². The van der Waals surface area contributed by atoms with Gasteiger partial charge in [0.2, 0.25) is 5.95 Å². The monoisotopic (exact) mass is 240 g/mol. The van der Waals surface area contributed by atoms with Crippen molar-refractivity contribution in [2.24, 2.45) is 0 Å². The molecule has 0 saturated heterocycles. The predicted octanol–water partition coefficient (Wildman–Crippen LogP) is 1.77. The van der Waals surface area contributed by atoms with Gasteiger partial charge < -0.3 is 5.32 Å². The van der Waals surface area contributed by atoms with E-state index in [0.717, 1.165) is 27.9 Å². The molecule has 0 radical (unpaired) electrons. The SMILES string of the molecule is CNc1nc(-c2ccncc2C)c2cn[nH]c2n1. The summed E-state index contributed by atoms with van der Waals surface area (Å²) < 4.78 is 0. The van der Waals surface area contributed by atoms with Gasteiger partial charge in [-0.3, -0.25) is 10.1 Å². The molecule has 2 N–H and O–H groups in total. The lowest BCUT2D eigenvalue weighted by atomic mass is 10.1. The van der Waals surface area contributed by atoms with Crippen molar-refractivity contribution in [1.29, 1.82) is 0 Å². The first-order chi connectivity index (χ1) is 8.79. The number of fused-ring (bicyclic) bond motifs is 1. The molecule has 0 saturated carbocycles. The summed E-state index contributed by atoms with van der Waals surface area (Å²) in [6.45, 7) is 2.01. The van der Waals surface area contributed by atoms with Crippen LogP contribution in [-0.4, -0.2) is 32.2 Å². The van der Waals surface area contributed by atoms with Crippen molar-refractivity contribution in [2.75, 3.05) is 12.4 Å². The van der Waals surface area contributed by atoms with E-state index in [9.17, 15) is 0 Å². The van der Waals surface area contributed by atoms with Gasteiger partial charge in [-0.1, -0.05) is 0 Å². The third-order valence-corrected chi connectivity index (χ3v) is 2.81. The Bertz CT molecular complexity index is 703. The van der Waals surface area contributed by atoms with Crippen molar-refractivity contribution in [1.82, 2.24) is 25.1 Å². The van der Waals surface area contributed by atoms with Gasteiger partial charge in [-0.2, -0.15) is 10.1 Å². The van der Waals surface area contributed by atoms with Crippen LogP contribution >= 0.6 is 0 Å².